The number of ether oxygens (including phenoxy) is 1. The number of nitrogens with zero attached hydrogens (tertiary/aromatic N) is 1. The Morgan fingerprint density at radius 2 is 1.85 bits per heavy atom. The van der Waals surface area contributed by atoms with Crippen molar-refractivity contribution in [2.45, 2.75) is 13.3 Å². The first-order chi connectivity index (χ1) is 12.9. The summed E-state index contributed by atoms with van der Waals surface area (Å²) < 4.78 is 5.61. The Kier molecular flexibility index (Phi) is 7.31. The van der Waals surface area contributed by atoms with Crippen molar-refractivity contribution in [3.8, 4) is 5.75 Å². The van der Waals surface area contributed by atoms with Crippen LogP contribution >= 0.6 is 12.2 Å². The standard InChI is InChI=1S/C20H23N3O3S/c1-4-12-26-17-11-6-5-10-16(17)18(24)22-20(27)21-15-9-7-8-14(13-15)19(25)23(2)3/h5-11,13H,4,12H2,1-3H3,(H2,21,22,24,27). The second kappa shape index (κ2) is 9.68. The highest BCUT2D eigenvalue weighted by Gasteiger charge is 2.14. The SMILES string of the molecule is CCCOc1ccccc1C(=O)NC(=S)Nc1cccc(C(=O)N(C)C)c1. The molecule has 2 N–H and O–H groups in total. The van der Waals surface area contributed by atoms with Gasteiger partial charge in [0.1, 0.15) is 5.75 Å². The normalized spacial score (nSPS) is 10.0. The van der Waals surface area contributed by atoms with E-state index in [0.29, 0.717) is 29.2 Å². The molecular formula is C20H23N3O3S. The first-order valence-corrected chi connectivity index (χ1v) is 8.99. The molecule has 0 fully saturated rings. The molecule has 2 aromatic carbocycles. The number of amides is 2. The van der Waals surface area contributed by atoms with Crippen molar-refractivity contribution in [3.63, 3.8) is 0 Å². The van der Waals surface area contributed by atoms with Crippen LogP contribution in [0.2, 0.25) is 0 Å². The lowest BCUT2D eigenvalue weighted by molar-refractivity contribution is 0.0827. The van der Waals surface area contributed by atoms with Gasteiger partial charge < -0.3 is 15.0 Å². The van der Waals surface area contributed by atoms with Gasteiger partial charge in [-0.2, -0.15) is 0 Å². The Balaban J connectivity index is 2.05. The Hall–Kier alpha value is -2.93. The Labute approximate surface area is 164 Å². The summed E-state index contributed by atoms with van der Waals surface area (Å²) in [5.41, 5.74) is 1.55. The molecule has 7 heteroatoms. The lowest BCUT2D eigenvalue weighted by Gasteiger charge is -2.14. The van der Waals surface area contributed by atoms with E-state index in [2.05, 4.69) is 10.6 Å². The molecule has 0 saturated carbocycles. The fourth-order valence-electron chi connectivity index (χ4n) is 2.31. The van der Waals surface area contributed by atoms with Gasteiger partial charge in [-0.3, -0.25) is 14.9 Å². The Bertz CT molecular complexity index is 837. The molecule has 142 valence electrons. The monoisotopic (exact) mass is 385 g/mol. The minimum Gasteiger partial charge on any atom is -0.493 e. The summed E-state index contributed by atoms with van der Waals surface area (Å²) in [6, 6.07) is 13.9. The molecule has 6 nitrogen and oxygen atoms in total. The fraction of sp³-hybridized carbons (Fsp3) is 0.250. The molecule has 27 heavy (non-hydrogen) atoms. The van der Waals surface area contributed by atoms with Gasteiger partial charge >= 0.3 is 0 Å². The van der Waals surface area contributed by atoms with Crippen LogP contribution in [0.25, 0.3) is 0 Å². The predicted octanol–water partition coefficient (Wildman–Crippen LogP) is 3.30. The van der Waals surface area contributed by atoms with Gasteiger partial charge in [0.25, 0.3) is 11.8 Å². The van der Waals surface area contributed by atoms with Gasteiger partial charge in [0.15, 0.2) is 5.11 Å². The smallest absolute Gasteiger partial charge is 0.261 e. The zero-order chi connectivity index (χ0) is 19.8. The molecule has 2 aromatic rings. The highest BCUT2D eigenvalue weighted by Crippen LogP contribution is 2.18. The lowest BCUT2D eigenvalue weighted by Crippen LogP contribution is -2.34. The van der Waals surface area contributed by atoms with Crippen molar-refractivity contribution in [2.75, 3.05) is 26.0 Å². The molecule has 0 heterocycles. The predicted molar refractivity (Wildman–Crippen MR) is 110 cm³/mol. The number of anilines is 1. The van der Waals surface area contributed by atoms with Crippen molar-refractivity contribution < 1.29 is 14.3 Å². The van der Waals surface area contributed by atoms with Crippen molar-refractivity contribution in [1.82, 2.24) is 10.2 Å². The van der Waals surface area contributed by atoms with Crippen LogP contribution in [-0.4, -0.2) is 42.5 Å². The van der Waals surface area contributed by atoms with E-state index < -0.39 is 0 Å². The molecule has 0 saturated heterocycles. The molecular weight excluding hydrogens is 362 g/mol. The number of hydrogen-bond acceptors (Lipinski definition) is 4. The third kappa shape index (κ3) is 5.79. The number of thiocarbonyl (C=S) groups is 1. The summed E-state index contributed by atoms with van der Waals surface area (Å²) in [5.74, 6) is 0.0357. The van der Waals surface area contributed by atoms with Crippen LogP contribution in [0.15, 0.2) is 48.5 Å². The highest BCUT2D eigenvalue weighted by atomic mass is 32.1. The van der Waals surface area contributed by atoms with Crippen molar-refractivity contribution >= 4 is 34.8 Å². The van der Waals surface area contributed by atoms with Crippen LogP contribution in [0.1, 0.15) is 34.1 Å². The molecule has 0 aliphatic rings. The summed E-state index contributed by atoms with van der Waals surface area (Å²) in [7, 11) is 3.37. The minimum absolute atomic E-state index is 0.115. The van der Waals surface area contributed by atoms with E-state index in [0.717, 1.165) is 6.42 Å². The second-order valence-corrected chi connectivity index (χ2v) is 6.44. The van der Waals surface area contributed by atoms with Gasteiger partial charge in [-0.05, 0) is 49.0 Å². The van der Waals surface area contributed by atoms with E-state index in [-0.39, 0.29) is 16.9 Å². The minimum atomic E-state index is -0.361. The molecule has 0 aromatic heterocycles. The molecule has 0 aliphatic heterocycles. The second-order valence-electron chi connectivity index (χ2n) is 6.03. The molecule has 2 amide bonds. The summed E-state index contributed by atoms with van der Waals surface area (Å²) in [4.78, 5) is 26.1. The van der Waals surface area contributed by atoms with Crippen molar-refractivity contribution in [2.24, 2.45) is 0 Å². The van der Waals surface area contributed by atoms with Gasteiger partial charge in [-0.1, -0.05) is 25.1 Å². The molecule has 0 bridgehead atoms. The zero-order valence-electron chi connectivity index (χ0n) is 15.6. The number of para-hydroxylation sites is 1. The van der Waals surface area contributed by atoms with Crippen LogP contribution in [0.3, 0.4) is 0 Å². The van der Waals surface area contributed by atoms with E-state index in [1.165, 1.54) is 4.90 Å². The fourth-order valence-corrected chi connectivity index (χ4v) is 2.52. The summed E-state index contributed by atoms with van der Waals surface area (Å²) in [6.45, 7) is 2.52. The molecule has 0 spiro atoms. The van der Waals surface area contributed by atoms with E-state index in [1.807, 2.05) is 13.0 Å². The largest absolute Gasteiger partial charge is 0.493 e. The third-order valence-corrected chi connectivity index (χ3v) is 3.80. The van der Waals surface area contributed by atoms with Gasteiger partial charge in [0.05, 0.1) is 12.2 Å². The summed E-state index contributed by atoms with van der Waals surface area (Å²) in [6.07, 6.45) is 0.845. The van der Waals surface area contributed by atoms with Crippen LogP contribution in [0.4, 0.5) is 5.69 Å². The van der Waals surface area contributed by atoms with E-state index in [4.69, 9.17) is 17.0 Å². The first kappa shape index (κ1) is 20.4. The average Bonchev–Trinajstić information content (AvgIpc) is 2.65. The zero-order valence-corrected chi connectivity index (χ0v) is 16.4. The Morgan fingerprint density at radius 3 is 2.56 bits per heavy atom. The molecule has 0 radical (unpaired) electrons. The van der Waals surface area contributed by atoms with E-state index in [1.54, 1.807) is 56.6 Å². The molecule has 0 unspecified atom stereocenters. The summed E-state index contributed by atoms with van der Waals surface area (Å²) >= 11 is 5.22. The van der Waals surface area contributed by atoms with Crippen LogP contribution < -0.4 is 15.4 Å². The van der Waals surface area contributed by atoms with Crippen LogP contribution in [0.5, 0.6) is 5.75 Å². The average molecular weight is 385 g/mol. The van der Waals surface area contributed by atoms with Crippen LogP contribution in [-0.2, 0) is 0 Å². The maximum atomic E-state index is 12.5. The van der Waals surface area contributed by atoms with Crippen molar-refractivity contribution in [3.05, 3.63) is 59.7 Å². The lowest BCUT2D eigenvalue weighted by atomic mass is 10.2. The summed E-state index contributed by atoms with van der Waals surface area (Å²) in [5, 5.41) is 5.71. The van der Waals surface area contributed by atoms with E-state index >= 15 is 0 Å². The number of benzene rings is 2. The molecule has 0 aliphatic carbocycles. The molecule has 0 atom stereocenters. The number of rotatable bonds is 6. The Morgan fingerprint density at radius 1 is 1.11 bits per heavy atom. The number of nitrogens with one attached hydrogen (secondary N) is 2. The van der Waals surface area contributed by atoms with Gasteiger partial charge in [0.2, 0.25) is 0 Å². The number of carbonyl (C=O) groups is 2. The highest BCUT2D eigenvalue weighted by molar-refractivity contribution is 7.80. The maximum Gasteiger partial charge on any atom is 0.261 e. The topological polar surface area (TPSA) is 70.7 Å². The van der Waals surface area contributed by atoms with Crippen molar-refractivity contribution in [1.29, 1.82) is 0 Å². The van der Waals surface area contributed by atoms with Gasteiger partial charge in [-0.15, -0.1) is 0 Å². The van der Waals surface area contributed by atoms with Crippen LogP contribution in [0, 0.1) is 0 Å². The maximum absolute atomic E-state index is 12.5. The third-order valence-electron chi connectivity index (χ3n) is 3.59. The molecule has 2 rings (SSSR count). The van der Waals surface area contributed by atoms with E-state index in [9.17, 15) is 9.59 Å². The van der Waals surface area contributed by atoms with Gasteiger partial charge in [0, 0.05) is 25.3 Å². The number of carbonyl (C=O) groups excluding carboxylic acids is 2. The number of hydrogen-bond donors (Lipinski definition) is 2. The van der Waals surface area contributed by atoms with Gasteiger partial charge in [-0.25, -0.2) is 0 Å². The first-order valence-electron chi connectivity index (χ1n) is 8.58. The quantitative estimate of drug-likeness (QED) is 0.747.